The molecule has 0 unspecified atom stereocenters. The molecule has 7 heteroatoms. The highest BCUT2D eigenvalue weighted by Gasteiger charge is 2.10. The number of carbonyl (C=O) groups is 1. The number of hydrogen-bond donors (Lipinski definition) is 2. The van der Waals surface area contributed by atoms with Crippen molar-refractivity contribution in [2.75, 3.05) is 18.9 Å². The molecule has 2 aromatic rings. The number of amides is 1. The second-order valence-corrected chi connectivity index (χ2v) is 4.60. The van der Waals surface area contributed by atoms with Crippen LogP contribution in [0.3, 0.4) is 0 Å². The molecule has 102 valence electrons. The van der Waals surface area contributed by atoms with Crippen molar-refractivity contribution in [2.24, 2.45) is 7.05 Å². The number of hydrogen-bond acceptors (Lipinski definition) is 4. The number of H-pyrrole nitrogens is 1. The summed E-state index contributed by atoms with van der Waals surface area (Å²) in [6, 6.07) is 1.89. The van der Waals surface area contributed by atoms with Gasteiger partial charge in [0.15, 0.2) is 0 Å². The summed E-state index contributed by atoms with van der Waals surface area (Å²) < 4.78 is 1.68. The van der Waals surface area contributed by atoms with Crippen LogP contribution in [0.1, 0.15) is 11.4 Å². The van der Waals surface area contributed by atoms with Gasteiger partial charge in [-0.25, -0.2) is 0 Å². The second-order valence-electron chi connectivity index (χ2n) is 4.60. The van der Waals surface area contributed by atoms with E-state index in [1.54, 1.807) is 17.1 Å². The molecule has 7 nitrogen and oxygen atoms in total. The van der Waals surface area contributed by atoms with Gasteiger partial charge in [0, 0.05) is 31.7 Å². The number of nitrogens with zero attached hydrogens (tertiary/aromatic N) is 4. The van der Waals surface area contributed by atoms with E-state index in [4.69, 9.17) is 0 Å². The number of aromatic amines is 1. The lowest BCUT2D eigenvalue weighted by molar-refractivity contribution is -0.117. The fourth-order valence-corrected chi connectivity index (χ4v) is 1.88. The Labute approximate surface area is 111 Å². The standard InChI is InChI=1S/C12H18N6O/c1-9-11(7-18(3)16-9)14-12(19)8-17(2)6-10-4-5-13-15-10/h4-5,7H,6,8H2,1-3H3,(H,13,15)(H,14,19). The minimum Gasteiger partial charge on any atom is -0.322 e. The van der Waals surface area contributed by atoms with E-state index in [0.717, 1.165) is 17.1 Å². The van der Waals surface area contributed by atoms with E-state index in [2.05, 4.69) is 20.6 Å². The van der Waals surface area contributed by atoms with Crippen LogP contribution in [-0.4, -0.2) is 44.4 Å². The van der Waals surface area contributed by atoms with Crippen molar-refractivity contribution < 1.29 is 4.79 Å². The average Bonchev–Trinajstić information content (AvgIpc) is 2.89. The molecule has 0 radical (unpaired) electrons. The molecule has 0 fully saturated rings. The van der Waals surface area contributed by atoms with Crippen molar-refractivity contribution >= 4 is 11.6 Å². The Kier molecular flexibility index (Phi) is 3.96. The highest BCUT2D eigenvalue weighted by molar-refractivity contribution is 5.92. The lowest BCUT2D eigenvalue weighted by Crippen LogP contribution is -2.30. The molecule has 2 rings (SSSR count). The Morgan fingerprint density at radius 1 is 1.58 bits per heavy atom. The zero-order chi connectivity index (χ0) is 13.8. The van der Waals surface area contributed by atoms with E-state index >= 15 is 0 Å². The van der Waals surface area contributed by atoms with Crippen molar-refractivity contribution in [3.63, 3.8) is 0 Å². The van der Waals surface area contributed by atoms with Crippen molar-refractivity contribution in [3.8, 4) is 0 Å². The normalized spacial score (nSPS) is 10.9. The molecule has 0 aliphatic heterocycles. The molecular weight excluding hydrogens is 244 g/mol. The summed E-state index contributed by atoms with van der Waals surface area (Å²) in [6.45, 7) is 2.83. The van der Waals surface area contributed by atoms with E-state index in [9.17, 15) is 4.79 Å². The van der Waals surface area contributed by atoms with Crippen LogP contribution in [0.4, 0.5) is 5.69 Å². The monoisotopic (exact) mass is 262 g/mol. The molecule has 1 amide bonds. The second kappa shape index (κ2) is 5.66. The van der Waals surface area contributed by atoms with Crippen LogP contribution in [0.5, 0.6) is 0 Å². The molecule has 2 N–H and O–H groups in total. The van der Waals surface area contributed by atoms with E-state index < -0.39 is 0 Å². The summed E-state index contributed by atoms with van der Waals surface area (Å²) in [5.41, 5.74) is 2.54. The first kappa shape index (κ1) is 13.3. The molecule has 0 saturated carbocycles. The summed E-state index contributed by atoms with van der Waals surface area (Å²) >= 11 is 0. The number of aromatic nitrogens is 4. The average molecular weight is 262 g/mol. The lowest BCUT2D eigenvalue weighted by atomic mass is 10.3. The lowest BCUT2D eigenvalue weighted by Gasteiger charge is -2.14. The molecule has 0 aliphatic carbocycles. The van der Waals surface area contributed by atoms with Crippen LogP contribution in [0, 0.1) is 6.92 Å². The summed E-state index contributed by atoms with van der Waals surface area (Å²) in [5, 5.41) is 13.8. The largest absolute Gasteiger partial charge is 0.322 e. The smallest absolute Gasteiger partial charge is 0.238 e. The summed E-state index contributed by atoms with van der Waals surface area (Å²) in [6.07, 6.45) is 3.49. The third-order valence-electron chi connectivity index (χ3n) is 2.70. The van der Waals surface area contributed by atoms with Gasteiger partial charge in [0.05, 0.1) is 17.9 Å². The molecule has 0 aliphatic rings. The quantitative estimate of drug-likeness (QED) is 0.823. The predicted molar refractivity (Wildman–Crippen MR) is 71.5 cm³/mol. The van der Waals surface area contributed by atoms with Crippen LogP contribution in [0.25, 0.3) is 0 Å². The van der Waals surface area contributed by atoms with Gasteiger partial charge >= 0.3 is 0 Å². The maximum absolute atomic E-state index is 11.9. The van der Waals surface area contributed by atoms with Gasteiger partial charge in [-0.05, 0) is 20.0 Å². The van der Waals surface area contributed by atoms with Crippen LogP contribution >= 0.6 is 0 Å². The molecule has 0 spiro atoms. The van der Waals surface area contributed by atoms with Gasteiger partial charge in [0.25, 0.3) is 0 Å². The summed E-state index contributed by atoms with van der Waals surface area (Å²) in [7, 11) is 3.71. The van der Waals surface area contributed by atoms with Gasteiger partial charge in [-0.15, -0.1) is 0 Å². The number of likely N-dealkylation sites (N-methyl/N-ethyl adjacent to an activating group) is 1. The van der Waals surface area contributed by atoms with Gasteiger partial charge < -0.3 is 5.32 Å². The zero-order valence-corrected chi connectivity index (χ0v) is 11.3. The Morgan fingerprint density at radius 2 is 2.37 bits per heavy atom. The third kappa shape index (κ3) is 3.65. The van der Waals surface area contributed by atoms with Gasteiger partial charge in [-0.2, -0.15) is 10.2 Å². The fraction of sp³-hybridized carbons (Fsp3) is 0.417. The Bertz CT molecular complexity index is 545. The van der Waals surface area contributed by atoms with Crippen LogP contribution in [0.2, 0.25) is 0 Å². The van der Waals surface area contributed by atoms with Gasteiger partial charge in [0.1, 0.15) is 0 Å². The first-order valence-electron chi connectivity index (χ1n) is 6.01. The zero-order valence-electron chi connectivity index (χ0n) is 11.3. The van der Waals surface area contributed by atoms with E-state index in [-0.39, 0.29) is 5.91 Å². The molecule has 19 heavy (non-hydrogen) atoms. The number of aryl methyl sites for hydroxylation is 2. The molecular formula is C12H18N6O. The minimum absolute atomic E-state index is 0.0573. The number of carbonyl (C=O) groups excluding carboxylic acids is 1. The summed E-state index contributed by atoms with van der Waals surface area (Å²) in [5.74, 6) is -0.0573. The van der Waals surface area contributed by atoms with Gasteiger partial charge in [-0.3, -0.25) is 19.5 Å². The van der Waals surface area contributed by atoms with Crippen molar-refractivity contribution in [3.05, 3.63) is 29.8 Å². The molecule has 2 aromatic heterocycles. The molecule has 0 bridgehead atoms. The van der Waals surface area contributed by atoms with E-state index in [1.165, 1.54) is 0 Å². The molecule has 0 atom stereocenters. The van der Waals surface area contributed by atoms with Crippen molar-refractivity contribution in [1.29, 1.82) is 0 Å². The third-order valence-corrected chi connectivity index (χ3v) is 2.70. The predicted octanol–water partition coefficient (Wildman–Crippen LogP) is 0.522. The van der Waals surface area contributed by atoms with Crippen molar-refractivity contribution in [2.45, 2.75) is 13.5 Å². The van der Waals surface area contributed by atoms with Crippen LogP contribution in [0.15, 0.2) is 18.5 Å². The Hall–Kier alpha value is -2.15. The highest BCUT2D eigenvalue weighted by Crippen LogP contribution is 2.11. The van der Waals surface area contributed by atoms with Gasteiger partial charge in [-0.1, -0.05) is 0 Å². The van der Waals surface area contributed by atoms with Crippen LogP contribution < -0.4 is 5.32 Å². The minimum atomic E-state index is -0.0573. The number of rotatable bonds is 5. The topological polar surface area (TPSA) is 78.8 Å². The number of anilines is 1. The summed E-state index contributed by atoms with van der Waals surface area (Å²) in [4.78, 5) is 13.8. The molecule has 2 heterocycles. The Balaban J connectivity index is 1.85. The molecule has 0 aromatic carbocycles. The molecule has 0 saturated heterocycles. The Morgan fingerprint density at radius 3 is 2.95 bits per heavy atom. The number of nitrogens with one attached hydrogen (secondary N) is 2. The SMILES string of the molecule is Cc1nn(C)cc1NC(=O)CN(C)Cc1ccn[nH]1. The fourth-order valence-electron chi connectivity index (χ4n) is 1.88. The maximum atomic E-state index is 11.9. The van der Waals surface area contributed by atoms with Crippen LogP contribution in [-0.2, 0) is 18.4 Å². The van der Waals surface area contributed by atoms with Gasteiger partial charge in [0.2, 0.25) is 5.91 Å². The first-order valence-corrected chi connectivity index (χ1v) is 6.01. The van der Waals surface area contributed by atoms with E-state index in [1.807, 2.05) is 32.0 Å². The maximum Gasteiger partial charge on any atom is 0.238 e. The highest BCUT2D eigenvalue weighted by atomic mass is 16.2. The van der Waals surface area contributed by atoms with E-state index in [0.29, 0.717) is 13.1 Å². The van der Waals surface area contributed by atoms with Crippen molar-refractivity contribution in [1.82, 2.24) is 24.9 Å². The first-order chi connectivity index (χ1) is 9.04.